The predicted octanol–water partition coefficient (Wildman–Crippen LogP) is 6.43. The van der Waals surface area contributed by atoms with Gasteiger partial charge in [-0.05, 0) is 35.4 Å². The lowest BCUT2D eigenvalue weighted by Gasteiger charge is -2.28. The molecule has 3 heterocycles. The second-order valence-electron chi connectivity index (χ2n) is 9.97. The minimum absolute atomic E-state index is 0.124. The summed E-state index contributed by atoms with van der Waals surface area (Å²) in [7, 11) is 1.79. The SMILES string of the molecule is Cn1ncc(-c2ccccc2)c1-c1csc(C(=O)N[C@@H](Cc2ccccc2C(F)(F)F)N2C(=O)c3ccccc3C2=O)c1. The number of alkyl halides is 3. The van der Waals surface area contributed by atoms with Gasteiger partial charge in [-0.1, -0.05) is 60.7 Å². The molecule has 3 amide bonds. The molecule has 0 radical (unpaired) electrons. The zero-order chi connectivity index (χ0) is 30.3. The zero-order valence-corrected chi connectivity index (χ0v) is 23.4. The Morgan fingerprint density at radius 2 is 1.51 bits per heavy atom. The van der Waals surface area contributed by atoms with Crippen molar-refractivity contribution in [3.8, 4) is 22.4 Å². The van der Waals surface area contributed by atoms with Gasteiger partial charge in [0.05, 0.1) is 33.5 Å². The van der Waals surface area contributed by atoms with Gasteiger partial charge in [0, 0.05) is 30.0 Å². The molecule has 1 aliphatic rings. The van der Waals surface area contributed by atoms with Crippen LogP contribution in [-0.2, 0) is 19.6 Å². The number of aryl methyl sites for hydroxylation is 1. The van der Waals surface area contributed by atoms with Crippen molar-refractivity contribution in [3.63, 3.8) is 0 Å². The number of amides is 3. The van der Waals surface area contributed by atoms with E-state index in [0.29, 0.717) is 5.56 Å². The van der Waals surface area contributed by atoms with Crippen LogP contribution in [0.3, 0.4) is 0 Å². The molecule has 1 aliphatic heterocycles. The second kappa shape index (κ2) is 11.0. The van der Waals surface area contributed by atoms with Crippen LogP contribution in [0.15, 0.2) is 96.5 Å². The molecule has 1 atom stereocenters. The number of hydrogen-bond acceptors (Lipinski definition) is 5. The van der Waals surface area contributed by atoms with Crippen LogP contribution in [0, 0.1) is 0 Å². The fraction of sp³-hybridized carbons (Fsp3) is 0.125. The van der Waals surface area contributed by atoms with E-state index in [-0.39, 0.29) is 21.6 Å². The van der Waals surface area contributed by atoms with Gasteiger partial charge in [0.15, 0.2) is 0 Å². The molecule has 2 aromatic heterocycles. The van der Waals surface area contributed by atoms with Crippen molar-refractivity contribution in [1.29, 1.82) is 0 Å². The molecular weight excluding hydrogens is 577 g/mol. The number of nitrogens with one attached hydrogen (secondary N) is 1. The molecule has 0 saturated heterocycles. The summed E-state index contributed by atoms with van der Waals surface area (Å²) in [5, 5.41) is 8.85. The Labute approximate surface area is 248 Å². The van der Waals surface area contributed by atoms with E-state index in [2.05, 4.69) is 10.4 Å². The molecule has 0 spiro atoms. The lowest BCUT2D eigenvalue weighted by atomic mass is 10.0. The van der Waals surface area contributed by atoms with Crippen LogP contribution >= 0.6 is 11.3 Å². The summed E-state index contributed by atoms with van der Waals surface area (Å²) in [6, 6.07) is 22.3. The van der Waals surface area contributed by atoms with Gasteiger partial charge >= 0.3 is 6.18 Å². The number of rotatable bonds is 7. The number of halogens is 3. The molecule has 0 unspecified atom stereocenters. The van der Waals surface area contributed by atoms with Crippen LogP contribution in [0.25, 0.3) is 22.4 Å². The van der Waals surface area contributed by atoms with Gasteiger partial charge < -0.3 is 5.32 Å². The normalized spacial score (nSPS) is 13.7. The zero-order valence-electron chi connectivity index (χ0n) is 22.6. The molecule has 5 aromatic rings. The Kier molecular flexibility index (Phi) is 7.18. The molecule has 0 bridgehead atoms. The second-order valence-corrected chi connectivity index (χ2v) is 10.9. The number of imide groups is 1. The molecule has 0 fully saturated rings. The van der Waals surface area contributed by atoms with Crippen LogP contribution in [0.4, 0.5) is 13.2 Å². The largest absolute Gasteiger partial charge is 0.416 e. The minimum Gasteiger partial charge on any atom is -0.330 e. The van der Waals surface area contributed by atoms with Crippen LogP contribution in [-0.4, -0.2) is 38.6 Å². The molecule has 216 valence electrons. The third kappa shape index (κ3) is 5.23. The summed E-state index contributed by atoms with van der Waals surface area (Å²) < 4.78 is 43.3. The van der Waals surface area contributed by atoms with Crippen molar-refractivity contribution < 1.29 is 27.6 Å². The average Bonchev–Trinajstić information content (AvgIpc) is 3.69. The highest BCUT2D eigenvalue weighted by Gasteiger charge is 2.42. The summed E-state index contributed by atoms with van der Waals surface area (Å²) in [5.74, 6) is -2.01. The summed E-state index contributed by atoms with van der Waals surface area (Å²) in [4.78, 5) is 41.3. The van der Waals surface area contributed by atoms with E-state index < -0.39 is 42.0 Å². The molecule has 0 saturated carbocycles. The predicted molar refractivity (Wildman–Crippen MR) is 155 cm³/mol. The van der Waals surface area contributed by atoms with E-state index in [1.165, 1.54) is 30.3 Å². The van der Waals surface area contributed by atoms with Gasteiger partial charge in [0.25, 0.3) is 17.7 Å². The van der Waals surface area contributed by atoms with Gasteiger partial charge in [0.1, 0.15) is 6.17 Å². The summed E-state index contributed by atoms with van der Waals surface area (Å²) in [6.07, 6.45) is -4.76. The Hall–Kier alpha value is -5.03. The number of nitrogens with zero attached hydrogens (tertiary/aromatic N) is 3. The Bertz CT molecular complexity index is 1830. The van der Waals surface area contributed by atoms with Crippen molar-refractivity contribution in [2.24, 2.45) is 7.05 Å². The number of aromatic nitrogens is 2. The highest BCUT2D eigenvalue weighted by molar-refractivity contribution is 7.12. The number of hydrogen-bond donors (Lipinski definition) is 1. The lowest BCUT2D eigenvalue weighted by molar-refractivity contribution is -0.138. The molecule has 0 aliphatic carbocycles. The molecule has 11 heteroatoms. The highest BCUT2D eigenvalue weighted by Crippen LogP contribution is 2.36. The van der Waals surface area contributed by atoms with Crippen molar-refractivity contribution in [2.45, 2.75) is 18.8 Å². The first kappa shape index (κ1) is 28.1. The Morgan fingerprint density at radius 1 is 0.884 bits per heavy atom. The quantitative estimate of drug-likeness (QED) is 0.218. The minimum atomic E-state index is -4.67. The van der Waals surface area contributed by atoms with Crippen LogP contribution in [0.2, 0.25) is 0 Å². The maximum absolute atomic E-state index is 13.9. The van der Waals surface area contributed by atoms with Crippen molar-refractivity contribution in [2.75, 3.05) is 0 Å². The van der Waals surface area contributed by atoms with Crippen LogP contribution in [0.5, 0.6) is 0 Å². The van der Waals surface area contributed by atoms with Gasteiger partial charge in [-0.15, -0.1) is 11.3 Å². The van der Waals surface area contributed by atoms with Crippen molar-refractivity contribution in [3.05, 3.63) is 124 Å². The number of carbonyl (C=O) groups excluding carboxylic acids is 3. The van der Waals surface area contributed by atoms with E-state index in [0.717, 1.165) is 39.1 Å². The molecule has 43 heavy (non-hydrogen) atoms. The Balaban J connectivity index is 1.34. The summed E-state index contributed by atoms with van der Waals surface area (Å²) in [6.45, 7) is 0. The number of fused-ring (bicyclic) bond motifs is 1. The third-order valence-electron chi connectivity index (χ3n) is 7.29. The summed E-state index contributed by atoms with van der Waals surface area (Å²) >= 11 is 1.13. The first-order valence-electron chi connectivity index (χ1n) is 13.2. The highest BCUT2D eigenvalue weighted by atomic mass is 32.1. The fourth-order valence-electron chi connectivity index (χ4n) is 5.29. The standard InChI is InChI=1S/C32H23F3N4O3S/c1-38-28(24(17-36-38)19-9-3-2-4-10-19)21-15-26(43-18-21)29(40)37-27(16-20-11-5-8-14-25(20)32(33,34)35)39-30(41)22-12-6-7-13-23(22)31(39)42/h2-15,17-18,27H,16H2,1H3,(H,37,40)/t27-/m1/s1. The number of carbonyl (C=O) groups is 3. The average molecular weight is 601 g/mol. The Morgan fingerprint density at radius 3 is 2.19 bits per heavy atom. The molecular formula is C32H23F3N4O3S. The van der Waals surface area contributed by atoms with Crippen LogP contribution in [0.1, 0.15) is 41.5 Å². The maximum Gasteiger partial charge on any atom is 0.416 e. The van der Waals surface area contributed by atoms with E-state index >= 15 is 0 Å². The van der Waals surface area contributed by atoms with E-state index in [1.807, 2.05) is 30.3 Å². The first-order valence-corrected chi connectivity index (χ1v) is 14.1. The lowest BCUT2D eigenvalue weighted by Crippen LogP contribution is -2.52. The van der Waals surface area contributed by atoms with Gasteiger partial charge in [0.2, 0.25) is 0 Å². The molecule has 3 aromatic carbocycles. The fourth-order valence-corrected chi connectivity index (χ4v) is 6.09. The topological polar surface area (TPSA) is 84.3 Å². The number of benzene rings is 3. The first-order chi connectivity index (χ1) is 20.6. The molecule has 6 rings (SSSR count). The van der Waals surface area contributed by atoms with E-state index in [1.54, 1.807) is 41.5 Å². The van der Waals surface area contributed by atoms with Crippen LogP contribution < -0.4 is 5.32 Å². The number of thiophene rings is 1. The van der Waals surface area contributed by atoms with E-state index in [4.69, 9.17) is 0 Å². The monoisotopic (exact) mass is 600 g/mol. The smallest absolute Gasteiger partial charge is 0.330 e. The molecule has 7 nitrogen and oxygen atoms in total. The summed E-state index contributed by atoms with van der Waals surface area (Å²) in [5.41, 5.74) is 2.47. The molecule has 1 N–H and O–H groups in total. The van der Waals surface area contributed by atoms with Gasteiger partial charge in [-0.2, -0.15) is 18.3 Å². The van der Waals surface area contributed by atoms with Gasteiger partial charge in [-0.25, -0.2) is 0 Å². The van der Waals surface area contributed by atoms with E-state index in [9.17, 15) is 27.6 Å². The van der Waals surface area contributed by atoms with Gasteiger partial charge in [-0.3, -0.25) is 24.0 Å². The maximum atomic E-state index is 13.9. The third-order valence-corrected chi connectivity index (χ3v) is 8.22. The van der Waals surface area contributed by atoms with Crippen molar-refractivity contribution >= 4 is 29.1 Å². The van der Waals surface area contributed by atoms with Crippen molar-refractivity contribution in [1.82, 2.24) is 20.0 Å².